The van der Waals surface area contributed by atoms with E-state index in [1.54, 1.807) is 13.8 Å². The molecule has 0 aliphatic carbocycles. The minimum atomic E-state index is -1.67. The number of nitrogens with one attached hydrogen (secondary N) is 3. The predicted molar refractivity (Wildman–Crippen MR) is 120 cm³/mol. The lowest BCUT2D eigenvalue weighted by molar-refractivity contribution is -0.00178. The summed E-state index contributed by atoms with van der Waals surface area (Å²) < 4.78 is 14.0. The van der Waals surface area contributed by atoms with Crippen LogP contribution >= 0.6 is 11.6 Å². The lowest BCUT2D eigenvalue weighted by Gasteiger charge is -2.23. The van der Waals surface area contributed by atoms with Gasteiger partial charge in [-0.05, 0) is 33.8 Å². The van der Waals surface area contributed by atoms with Gasteiger partial charge < -0.3 is 26.2 Å². The van der Waals surface area contributed by atoms with Gasteiger partial charge in [-0.25, -0.2) is 14.4 Å². The summed E-state index contributed by atoms with van der Waals surface area (Å²) in [5.74, 6) is -0.0586. The molecule has 1 amide bonds. The quantitative estimate of drug-likeness (QED) is 0.381. The number of alkyl halides is 1. The van der Waals surface area contributed by atoms with Gasteiger partial charge in [0.2, 0.25) is 0 Å². The van der Waals surface area contributed by atoms with E-state index in [4.69, 9.17) is 16.9 Å². The van der Waals surface area contributed by atoms with Crippen molar-refractivity contribution in [1.29, 1.82) is 5.26 Å². The Morgan fingerprint density at radius 1 is 1.25 bits per heavy atom. The van der Waals surface area contributed by atoms with Gasteiger partial charge in [0.25, 0.3) is 5.91 Å². The van der Waals surface area contributed by atoms with Crippen molar-refractivity contribution in [1.82, 2.24) is 15.3 Å². The van der Waals surface area contributed by atoms with E-state index in [0.29, 0.717) is 17.1 Å². The fraction of sp³-hybridized carbons (Fsp3) is 0.429. The van der Waals surface area contributed by atoms with Gasteiger partial charge in [0.15, 0.2) is 0 Å². The van der Waals surface area contributed by atoms with Gasteiger partial charge in [-0.2, -0.15) is 5.26 Å². The molecule has 0 fully saturated rings. The molecule has 0 spiro atoms. The third kappa shape index (κ3) is 7.30. The highest BCUT2D eigenvalue weighted by atomic mass is 35.5. The number of rotatable bonds is 9. The largest absolute Gasteiger partial charge is 0.389 e. The van der Waals surface area contributed by atoms with E-state index in [-0.39, 0.29) is 22.9 Å². The number of amides is 1. The number of carbonyl (C=O) groups is 1. The first kappa shape index (κ1) is 25.3. The standard InChI is InChI=1S/C21H26ClFN6O3/c1-20(2,31)11-28-15-6-17(29-18-14(22)5-12(7-24)8-26-18)25-9-13(15)19(30)27-10-16(23)21(3,4)32/h5-6,8-9,16,31-32H,10-11H2,1-4H3,(H,27,30)(H2,25,26,28,29). The maximum absolute atomic E-state index is 14.0. The number of halogens is 2. The van der Waals surface area contributed by atoms with Crippen molar-refractivity contribution in [2.75, 3.05) is 23.7 Å². The maximum atomic E-state index is 14.0. The van der Waals surface area contributed by atoms with Crippen LogP contribution in [-0.4, -0.2) is 56.6 Å². The highest BCUT2D eigenvalue weighted by molar-refractivity contribution is 6.33. The first-order chi connectivity index (χ1) is 14.8. The molecule has 5 N–H and O–H groups in total. The molecule has 2 aromatic heterocycles. The van der Waals surface area contributed by atoms with Crippen LogP contribution < -0.4 is 16.0 Å². The third-order valence-corrected chi connectivity index (χ3v) is 4.57. The molecule has 1 atom stereocenters. The van der Waals surface area contributed by atoms with E-state index in [1.807, 2.05) is 6.07 Å². The van der Waals surface area contributed by atoms with Gasteiger partial charge in [-0.3, -0.25) is 4.79 Å². The van der Waals surface area contributed by atoms with Gasteiger partial charge in [-0.15, -0.1) is 0 Å². The first-order valence-corrected chi connectivity index (χ1v) is 10.1. The molecule has 1 unspecified atom stereocenters. The topological polar surface area (TPSA) is 143 Å². The number of nitriles is 1. The van der Waals surface area contributed by atoms with Crippen LogP contribution in [0.1, 0.15) is 43.6 Å². The van der Waals surface area contributed by atoms with Crippen LogP contribution in [-0.2, 0) is 0 Å². The number of anilines is 3. The molecule has 2 heterocycles. The molecular weight excluding hydrogens is 439 g/mol. The Morgan fingerprint density at radius 3 is 2.50 bits per heavy atom. The Hall–Kier alpha value is -3.00. The molecule has 0 aliphatic rings. The second-order valence-corrected chi connectivity index (χ2v) is 8.81. The Morgan fingerprint density at radius 2 is 1.94 bits per heavy atom. The summed E-state index contributed by atoms with van der Waals surface area (Å²) in [6.07, 6.45) is 0.955. The zero-order valence-corrected chi connectivity index (χ0v) is 19.0. The van der Waals surface area contributed by atoms with Crippen LogP contribution in [0.2, 0.25) is 5.02 Å². The van der Waals surface area contributed by atoms with E-state index >= 15 is 0 Å². The van der Waals surface area contributed by atoms with Crippen LogP contribution in [0.25, 0.3) is 0 Å². The number of aliphatic hydroxyl groups is 2. The van der Waals surface area contributed by atoms with Crippen LogP contribution in [0, 0.1) is 11.3 Å². The van der Waals surface area contributed by atoms with Gasteiger partial charge in [0, 0.05) is 25.0 Å². The van der Waals surface area contributed by atoms with Crippen molar-refractivity contribution in [3.8, 4) is 6.07 Å². The van der Waals surface area contributed by atoms with Gasteiger partial charge >= 0.3 is 0 Å². The molecule has 11 heteroatoms. The van der Waals surface area contributed by atoms with Crippen LogP contribution in [0.15, 0.2) is 24.5 Å². The van der Waals surface area contributed by atoms with Crippen LogP contribution in [0.3, 0.4) is 0 Å². The molecule has 0 saturated heterocycles. The summed E-state index contributed by atoms with van der Waals surface area (Å²) in [5.41, 5.74) is -1.94. The minimum Gasteiger partial charge on any atom is -0.389 e. The third-order valence-electron chi connectivity index (χ3n) is 4.29. The monoisotopic (exact) mass is 464 g/mol. The molecule has 2 aromatic rings. The molecule has 32 heavy (non-hydrogen) atoms. The summed E-state index contributed by atoms with van der Waals surface area (Å²) in [5, 5.41) is 37.2. The van der Waals surface area contributed by atoms with Gasteiger partial charge in [0.05, 0.1) is 39.6 Å². The van der Waals surface area contributed by atoms with Crippen molar-refractivity contribution in [2.45, 2.75) is 45.1 Å². The Bertz CT molecular complexity index is 1010. The van der Waals surface area contributed by atoms with Crippen LogP contribution in [0.5, 0.6) is 0 Å². The number of carbonyl (C=O) groups excluding carboxylic acids is 1. The molecule has 0 radical (unpaired) electrons. The lowest BCUT2D eigenvalue weighted by atomic mass is 10.0. The molecule has 9 nitrogen and oxygen atoms in total. The summed E-state index contributed by atoms with van der Waals surface area (Å²) >= 11 is 6.14. The van der Waals surface area contributed by atoms with Crippen molar-refractivity contribution in [2.24, 2.45) is 0 Å². The normalized spacial score (nSPS) is 12.6. The highest BCUT2D eigenvalue weighted by Gasteiger charge is 2.27. The fourth-order valence-corrected chi connectivity index (χ4v) is 2.62. The van der Waals surface area contributed by atoms with Crippen LogP contribution in [0.4, 0.5) is 21.7 Å². The summed E-state index contributed by atoms with van der Waals surface area (Å²) in [6, 6.07) is 4.90. The van der Waals surface area contributed by atoms with E-state index < -0.39 is 29.8 Å². The van der Waals surface area contributed by atoms with E-state index in [2.05, 4.69) is 25.9 Å². The van der Waals surface area contributed by atoms with E-state index in [0.717, 1.165) is 0 Å². The molecule has 0 aromatic carbocycles. The minimum absolute atomic E-state index is 0.113. The first-order valence-electron chi connectivity index (χ1n) is 9.74. The second kappa shape index (κ2) is 10.1. The van der Waals surface area contributed by atoms with E-state index in [1.165, 1.54) is 38.4 Å². The zero-order valence-electron chi connectivity index (χ0n) is 18.2. The van der Waals surface area contributed by atoms with Crippen molar-refractivity contribution in [3.05, 3.63) is 40.7 Å². The summed E-state index contributed by atoms with van der Waals surface area (Å²) in [6.45, 7) is 5.53. The number of pyridine rings is 2. The molecule has 172 valence electrons. The molecule has 0 aliphatic heterocycles. The molecular formula is C21H26ClFN6O3. The zero-order chi connectivity index (χ0) is 24.1. The average Bonchev–Trinajstić information content (AvgIpc) is 2.70. The van der Waals surface area contributed by atoms with Crippen molar-refractivity contribution >= 4 is 34.8 Å². The maximum Gasteiger partial charge on any atom is 0.255 e. The fourth-order valence-electron chi connectivity index (χ4n) is 2.40. The Kier molecular flexibility index (Phi) is 7.96. The Balaban J connectivity index is 2.28. The summed E-state index contributed by atoms with van der Waals surface area (Å²) in [4.78, 5) is 20.9. The van der Waals surface area contributed by atoms with E-state index in [9.17, 15) is 19.4 Å². The smallest absolute Gasteiger partial charge is 0.255 e. The highest BCUT2D eigenvalue weighted by Crippen LogP contribution is 2.26. The van der Waals surface area contributed by atoms with Gasteiger partial charge in [0.1, 0.15) is 23.9 Å². The molecule has 0 saturated carbocycles. The predicted octanol–water partition coefficient (Wildman–Crippen LogP) is 2.77. The number of aromatic nitrogens is 2. The average molecular weight is 465 g/mol. The molecule has 2 rings (SSSR count). The van der Waals surface area contributed by atoms with Gasteiger partial charge in [-0.1, -0.05) is 11.6 Å². The second-order valence-electron chi connectivity index (χ2n) is 8.40. The lowest BCUT2D eigenvalue weighted by Crippen LogP contribution is -2.42. The Labute approximate surface area is 190 Å². The number of hydrogen-bond acceptors (Lipinski definition) is 8. The SMILES string of the molecule is CC(C)(O)CNc1cc(Nc2ncc(C#N)cc2Cl)ncc1C(=O)NCC(F)C(C)(C)O. The van der Waals surface area contributed by atoms with Crippen molar-refractivity contribution in [3.63, 3.8) is 0 Å². The summed E-state index contributed by atoms with van der Waals surface area (Å²) in [7, 11) is 0. The molecule has 0 bridgehead atoms. The number of hydrogen-bond donors (Lipinski definition) is 5. The number of nitrogens with zero attached hydrogens (tertiary/aromatic N) is 3. The van der Waals surface area contributed by atoms with Crippen molar-refractivity contribution < 1.29 is 19.4 Å².